The SMILES string of the molecule is C#CCOC[C@H](Cn1cc(COC[C@H](CBr)OCC=C)nn1)OCC=C. The molecule has 0 N–H and O–H groups in total. The van der Waals surface area contributed by atoms with Crippen LogP contribution >= 0.6 is 15.9 Å². The molecule has 1 heterocycles. The molecule has 0 aromatic carbocycles. The Labute approximate surface area is 163 Å². The molecule has 0 aliphatic carbocycles. The van der Waals surface area contributed by atoms with Crippen LogP contribution in [0.25, 0.3) is 0 Å². The minimum absolute atomic E-state index is 0.0342. The van der Waals surface area contributed by atoms with E-state index in [9.17, 15) is 0 Å². The van der Waals surface area contributed by atoms with Crippen LogP contribution in [-0.2, 0) is 32.1 Å². The third-order valence-corrected chi connectivity index (χ3v) is 3.81. The van der Waals surface area contributed by atoms with Gasteiger partial charge in [0.1, 0.15) is 18.4 Å². The molecule has 0 saturated carbocycles. The lowest BCUT2D eigenvalue weighted by Crippen LogP contribution is -2.26. The average molecular weight is 428 g/mol. The molecule has 7 nitrogen and oxygen atoms in total. The second-order valence-corrected chi connectivity index (χ2v) is 5.96. The normalized spacial score (nSPS) is 13.1. The van der Waals surface area contributed by atoms with E-state index in [-0.39, 0.29) is 18.8 Å². The van der Waals surface area contributed by atoms with Crippen molar-refractivity contribution in [3.05, 3.63) is 37.2 Å². The molecule has 0 spiro atoms. The van der Waals surface area contributed by atoms with Gasteiger partial charge in [0, 0.05) is 5.33 Å². The third-order valence-electron chi connectivity index (χ3n) is 3.09. The molecule has 0 amide bonds. The Hall–Kier alpha value is -1.50. The van der Waals surface area contributed by atoms with Crippen molar-refractivity contribution >= 4 is 15.9 Å². The fourth-order valence-corrected chi connectivity index (χ4v) is 2.32. The molecule has 0 saturated heterocycles. The van der Waals surface area contributed by atoms with E-state index >= 15 is 0 Å². The summed E-state index contributed by atoms with van der Waals surface area (Å²) in [5, 5.41) is 8.88. The molecule has 1 rings (SSSR count). The van der Waals surface area contributed by atoms with Gasteiger partial charge in [-0.05, 0) is 0 Å². The van der Waals surface area contributed by atoms with Crippen molar-refractivity contribution in [1.29, 1.82) is 0 Å². The lowest BCUT2D eigenvalue weighted by Gasteiger charge is -2.16. The standard InChI is InChI=1S/C18H26BrN3O4/c1-4-7-23-15-18(26-9-6-3)12-22-11-16(20-21-22)13-24-14-17(10-19)25-8-5-2/h1,5-6,11,17-18H,2-3,7-10,12-15H2/t17-,18-/m0/s1. The molecule has 0 fully saturated rings. The van der Waals surface area contributed by atoms with Crippen LogP contribution in [0.4, 0.5) is 0 Å². The second kappa shape index (κ2) is 14.6. The van der Waals surface area contributed by atoms with Gasteiger partial charge >= 0.3 is 0 Å². The first kappa shape index (κ1) is 22.5. The molecule has 0 radical (unpaired) electrons. The zero-order chi connectivity index (χ0) is 19.0. The number of hydrogen-bond acceptors (Lipinski definition) is 6. The third kappa shape index (κ3) is 9.85. The molecule has 0 aliphatic heterocycles. The summed E-state index contributed by atoms with van der Waals surface area (Å²) in [7, 11) is 0. The minimum Gasteiger partial charge on any atom is -0.372 e. The smallest absolute Gasteiger partial charge is 0.108 e. The van der Waals surface area contributed by atoms with E-state index in [1.54, 1.807) is 16.8 Å². The number of ether oxygens (including phenoxy) is 4. The fourth-order valence-electron chi connectivity index (χ4n) is 1.95. The van der Waals surface area contributed by atoms with Gasteiger partial charge in [-0.25, -0.2) is 4.68 Å². The van der Waals surface area contributed by atoms with Gasteiger partial charge < -0.3 is 18.9 Å². The summed E-state index contributed by atoms with van der Waals surface area (Å²) >= 11 is 3.39. The summed E-state index contributed by atoms with van der Waals surface area (Å²) in [5.74, 6) is 2.43. The van der Waals surface area contributed by atoms with Crippen molar-refractivity contribution in [2.75, 3.05) is 38.4 Å². The van der Waals surface area contributed by atoms with Crippen molar-refractivity contribution in [2.45, 2.75) is 25.4 Å². The van der Waals surface area contributed by atoms with Crippen LogP contribution in [0.2, 0.25) is 0 Å². The molecule has 1 aromatic heterocycles. The van der Waals surface area contributed by atoms with E-state index < -0.39 is 0 Å². The average Bonchev–Trinajstić information content (AvgIpc) is 3.09. The summed E-state index contributed by atoms with van der Waals surface area (Å²) in [4.78, 5) is 0. The maximum absolute atomic E-state index is 5.65. The number of hydrogen-bond donors (Lipinski definition) is 0. The minimum atomic E-state index is -0.193. The van der Waals surface area contributed by atoms with Crippen LogP contribution in [-0.4, -0.2) is 65.6 Å². The Kier molecular flexibility index (Phi) is 12.7. The maximum Gasteiger partial charge on any atom is 0.108 e. The van der Waals surface area contributed by atoms with Gasteiger partial charge in [-0.15, -0.1) is 24.7 Å². The number of terminal acetylenes is 1. The highest BCUT2D eigenvalue weighted by molar-refractivity contribution is 9.09. The first-order chi connectivity index (χ1) is 12.7. The predicted octanol–water partition coefficient (Wildman–Crippen LogP) is 1.98. The van der Waals surface area contributed by atoms with Gasteiger partial charge in [0.25, 0.3) is 0 Å². The number of nitrogens with zero attached hydrogens (tertiary/aromatic N) is 3. The summed E-state index contributed by atoms with van der Waals surface area (Å²) in [6.45, 7) is 10.1. The van der Waals surface area contributed by atoms with Gasteiger partial charge in [0.15, 0.2) is 0 Å². The van der Waals surface area contributed by atoms with Crippen LogP contribution in [0.1, 0.15) is 5.69 Å². The van der Waals surface area contributed by atoms with E-state index in [4.69, 9.17) is 25.4 Å². The van der Waals surface area contributed by atoms with Crippen LogP contribution in [0.5, 0.6) is 0 Å². The molecule has 0 bridgehead atoms. The number of halogens is 1. The van der Waals surface area contributed by atoms with Gasteiger partial charge in [-0.1, -0.05) is 39.2 Å². The van der Waals surface area contributed by atoms with Gasteiger partial charge in [0.05, 0.1) is 51.9 Å². The van der Waals surface area contributed by atoms with Gasteiger partial charge in [0.2, 0.25) is 0 Å². The van der Waals surface area contributed by atoms with Crippen LogP contribution in [0.15, 0.2) is 31.5 Å². The van der Waals surface area contributed by atoms with Crippen molar-refractivity contribution in [3.8, 4) is 12.3 Å². The lowest BCUT2D eigenvalue weighted by molar-refractivity contribution is -0.00774. The summed E-state index contributed by atoms with van der Waals surface area (Å²) in [6.07, 6.45) is 10.2. The van der Waals surface area contributed by atoms with E-state index in [0.717, 1.165) is 5.69 Å². The summed E-state index contributed by atoms with van der Waals surface area (Å²) < 4.78 is 23.9. The first-order valence-corrected chi connectivity index (χ1v) is 9.34. The molecule has 26 heavy (non-hydrogen) atoms. The monoisotopic (exact) mass is 427 g/mol. The van der Waals surface area contributed by atoms with Crippen molar-refractivity contribution in [1.82, 2.24) is 15.0 Å². The molecule has 0 aliphatic rings. The van der Waals surface area contributed by atoms with E-state index in [0.29, 0.717) is 44.9 Å². The highest BCUT2D eigenvalue weighted by atomic mass is 79.9. The maximum atomic E-state index is 5.65. The molecule has 8 heteroatoms. The Bertz CT molecular complexity index is 559. The predicted molar refractivity (Wildman–Crippen MR) is 103 cm³/mol. The van der Waals surface area contributed by atoms with E-state index in [2.05, 4.69) is 45.3 Å². The topological polar surface area (TPSA) is 67.6 Å². The Morgan fingerprint density at radius 2 is 1.88 bits per heavy atom. The highest BCUT2D eigenvalue weighted by Crippen LogP contribution is 2.04. The zero-order valence-electron chi connectivity index (χ0n) is 14.9. The first-order valence-electron chi connectivity index (χ1n) is 8.22. The van der Waals surface area contributed by atoms with Gasteiger partial charge in [-0.3, -0.25) is 0 Å². The van der Waals surface area contributed by atoms with Crippen LogP contribution < -0.4 is 0 Å². The fraction of sp³-hybridized carbons (Fsp3) is 0.556. The second-order valence-electron chi connectivity index (χ2n) is 5.31. The largest absolute Gasteiger partial charge is 0.372 e. The van der Waals surface area contributed by atoms with Crippen LogP contribution in [0.3, 0.4) is 0 Å². The Balaban J connectivity index is 2.42. The lowest BCUT2D eigenvalue weighted by atomic mass is 10.3. The van der Waals surface area contributed by atoms with Crippen molar-refractivity contribution in [3.63, 3.8) is 0 Å². The van der Waals surface area contributed by atoms with Crippen molar-refractivity contribution in [2.24, 2.45) is 0 Å². The van der Waals surface area contributed by atoms with Crippen molar-refractivity contribution < 1.29 is 18.9 Å². The summed E-state index contributed by atoms with van der Waals surface area (Å²) in [6, 6.07) is 0. The molecular formula is C18H26BrN3O4. The Morgan fingerprint density at radius 1 is 1.19 bits per heavy atom. The molecule has 1 aromatic rings. The molecule has 144 valence electrons. The molecular weight excluding hydrogens is 402 g/mol. The quantitative estimate of drug-likeness (QED) is 0.174. The number of alkyl halides is 1. The van der Waals surface area contributed by atoms with Gasteiger partial charge in [-0.2, -0.15) is 0 Å². The number of rotatable bonds is 16. The van der Waals surface area contributed by atoms with E-state index in [1.807, 2.05) is 6.20 Å². The van der Waals surface area contributed by atoms with Crippen LogP contribution in [0, 0.1) is 12.3 Å². The Morgan fingerprint density at radius 3 is 2.54 bits per heavy atom. The number of aromatic nitrogens is 3. The molecule has 0 unspecified atom stereocenters. The zero-order valence-corrected chi connectivity index (χ0v) is 16.5. The molecule has 2 atom stereocenters. The highest BCUT2D eigenvalue weighted by Gasteiger charge is 2.12. The van der Waals surface area contributed by atoms with E-state index in [1.165, 1.54) is 0 Å². The summed E-state index contributed by atoms with van der Waals surface area (Å²) in [5.41, 5.74) is 0.731.